The van der Waals surface area contributed by atoms with E-state index in [4.69, 9.17) is 0 Å². The minimum Gasteiger partial charge on any atom is -0.353 e. The molecular weight excluding hydrogens is 402 g/mol. The van der Waals surface area contributed by atoms with Crippen molar-refractivity contribution in [2.24, 2.45) is 0 Å². The molecule has 2 aliphatic heterocycles. The quantitative estimate of drug-likeness (QED) is 0.403. The van der Waals surface area contributed by atoms with Crippen LogP contribution in [-0.2, 0) is 9.59 Å². The highest BCUT2D eigenvalue weighted by molar-refractivity contribution is 6.03. The molecule has 170 valence electrons. The fraction of sp³-hybridized carbons (Fsp3) is 0.480. The first-order valence-corrected chi connectivity index (χ1v) is 11.2. The third kappa shape index (κ3) is 5.38. The smallest absolute Gasteiger partial charge is 0.220 e. The Balaban J connectivity index is 1.53. The van der Waals surface area contributed by atoms with Crippen LogP contribution in [0.3, 0.4) is 0 Å². The molecule has 2 heterocycles. The number of carbonyl (C=O) groups excluding carboxylic acids is 2. The largest absolute Gasteiger partial charge is 0.353 e. The van der Waals surface area contributed by atoms with Gasteiger partial charge in [0.15, 0.2) is 5.78 Å². The molecule has 0 unspecified atom stereocenters. The topological polar surface area (TPSA) is 79.7 Å². The molecule has 0 bridgehead atoms. The Morgan fingerprint density at radius 3 is 2.22 bits per heavy atom. The third-order valence-electron chi connectivity index (χ3n) is 6.14. The highest BCUT2D eigenvalue weighted by atomic mass is 16.2. The second-order valence-electron chi connectivity index (χ2n) is 8.76. The predicted octanol–water partition coefficient (Wildman–Crippen LogP) is 3.20. The van der Waals surface area contributed by atoms with E-state index in [2.05, 4.69) is 36.2 Å². The Morgan fingerprint density at radius 1 is 1.09 bits per heavy atom. The molecule has 3 rings (SSSR count). The number of Topliss-reactive ketones (excluding diaryl/α,β-unsaturated/α-hetero) is 1. The first-order chi connectivity index (χ1) is 15.3. The van der Waals surface area contributed by atoms with E-state index in [1.807, 2.05) is 48.2 Å². The van der Waals surface area contributed by atoms with Crippen LogP contribution in [0, 0.1) is 11.3 Å². The molecular formula is C25H33N5O2. The number of nitrogens with zero attached hydrogens (tertiary/aromatic N) is 4. The molecule has 0 spiro atoms. The highest BCUT2D eigenvalue weighted by Gasteiger charge is 2.31. The second kappa shape index (κ2) is 10.5. The molecule has 0 saturated carbocycles. The first kappa shape index (κ1) is 23.6. The van der Waals surface area contributed by atoms with Gasteiger partial charge in [-0.1, -0.05) is 23.8 Å². The molecule has 0 atom stereocenters. The van der Waals surface area contributed by atoms with Crippen LogP contribution in [0.15, 0.2) is 47.3 Å². The lowest BCUT2D eigenvalue weighted by Gasteiger charge is -2.31. The number of nitrogens with one attached hydrogen (secondary N) is 1. The van der Waals surface area contributed by atoms with Crippen molar-refractivity contribution >= 4 is 23.1 Å². The van der Waals surface area contributed by atoms with E-state index in [0.29, 0.717) is 5.82 Å². The van der Waals surface area contributed by atoms with Crippen LogP contribution >= 0.6 is 0 Å². The molecule has 1 fully saturated rings. The number of rotatable bonds is 7. The van der Waals surface area contributed by atoms with Gasteiger partial charge in [-0.25, -0.2) is 0 Å². The van der Waals surface area contributed by atoms with Crippen LogP contribution < -0.4 is 15.1 Å². The summed E-state index contributed by atoms with van der Waals surface area (Å²) in [6.45, 7) is 7.07. The molecule has 7 nitrogen and oxygen atoms in total. The van der Waals surface area contributed by atoms with Crippen molar-refractivity contribution in [1.82, 2.24) is 10.2 Å². The average molecular weight is 436 g/mol. The van der Waals surface area contributed by atoms with E-state index in [1.165, 1.54) is 5.57 Å². The summed E-state index contributed by atoms with van der Waals surface area (Å²) in [7, 11) is 3.69. The van der Waals surface area contributed by atoms with Crippen molar-refractivity contribution in [2.45, 2.75) is 45.6 Å². The van der Waals surface area contributed by atoms with Gasteiger partial charge in [0.2, 0.25) is 5.91 Å². The summed E-state index contributed by atoms with van der Waals surface area (Å²) in [6, 6.07) is 9.99. The van der Waals surface area contributed by atoms with Crippen LogP contribution in [0.2, 0.25) is 0 Å². The molecule has 1 saturated heterocycles. The van der Waals surface area contributed by atoms with Crippen LogP contribution in [0.4, 0.5) is 11.4 Å². The van der Waals surface area contributed by atoms with Gasteiger partial charge in [-0.2, -0.15) is 5.26 Å². The van der Waals surface area contributed by atoms with Crippen molar-refractivity contribution in [1.29, 1.82) is 5.26 Å². The molecule has 32 heavy (non-hydrogen) atoms. The number of benzene rings is 1. The molecule has 0 aliphatic carbocycles. The summed E-state index contributed by atoms with van der Waals surface area (Å²) >= 11 is 0. The lowest BCUT2D eigenvalue weighted by atomic mass is 10.0. The molecule has 0 radical (unpaired) electrons. The maximum Gasteiger partial charge on any atom is 0.220 e. The van der Waals surface area contributed by atoms with E-state index < -0.39 is 0 Å². The minimum atomic E-state index is -0.305. The summed E-state index contributed by atoms with van der Waals surface area (Å²) in [6.07, 6.45) is 4.17. The van der Waals surface area contributed by atoms with Crippen molar-refractivity contribution < 1.29 is 9.59 Å². The molecule has 0 aromatic heterocycles. The number of hydrogen-bond donors (Lipinski definition) is 1. The third-order valence-corrected chi connectivity index (χ3v) is 6.14. The van der Waals surface area contributed by atoms with Gasteiger partial charge in [-0.05, 0) is 38.8 Å². The first-order valence-electron chi connectivity index (χ1n) is 11.2. The Bertz CT molecular complexity index is 932. The molecule has 7 heteroatoms. The van der Waals surface area contributed by atoms with Crippen molar-refractivity contribution in [3.8, 4) is 6.07 Å². The maximum absolute atomic E-state index is 12.8. The van der Waals surface area contributed by atoms with Crippen molar-refractivity contribution in [3.63, 3.8) is 0 Å². The number of allylic oxidation sites excluding steroid dienone is 2. The number of hydrogen-bond acceptors (Lipinski definition) is 6. The number of para-hydroxylation sites is 2. The Labute approximate surface area is 191 Å². The van der Waals surface area contributed by atoms with Gasteiger partial charge in [0.1, 0.15) is 17.5 Å². The predicted molar refractivity (Wildman–Crippen MR) is 127 cm³/mol. The summed E-state index contributed by atoms with van der Waals surface area (Å²) in [5.74, 6) is 0.128. The number of anilines is 2. The molecule has 1 N–H and O–H groups in total. The van der Waals surface area contributed by atoms with E-state index in [-0.39, 0.29) is 36.1 Å². The van der Waals surface area contributed by atoms with Gasteiger partial charge < -0.3 is 15.1 Å². The highest BCUT2D eigenvalue weighted by Crippen LogP contribution is 2.40. The fourth-order valence-corrected chi connectivity index (χ4v) is 4.28. The Morgan fingerprint density at radius 2 is 1.69 bits per heavy atom. The number of fused-ring (bicyclic) bond motifs is 1. The molecule has 2 aliphatic rings. The zero-order valence-corrected chi connectivity index (χ0v) is 19.5. The SMILES string of the molecule is CC(C)=CCN1CCC(NC(=O)CCC(=O)C(C#N)=C2N(C)c3ccccc3N2C)CC1. The van der Waals surface area contributed by atoms with Gasteiger partial charge in [-0.3, -0.25) is 14.5 Å². The van der Waals surface area contributed by atoms with Crippen molar-refractivity contribution in [3.05, 3.63) is 47.3 Å². The van der Waals surface area contributed by atoms with Crippen LogP contribution in [-0.4, -0.2) is 56.4 Å². The summed E-state index contributed by atoms with van der Waals surface area (Å²) in [4.78, 5) is 31.4. The van der Waals surface area contributed by atoms with Crippen molar-refractivity contribution in [2.75, 3.05) is 43.5 Å². The number of ketones is 1. The monoisotopic (exact) mass is 435 g/mol. The lowest BCUT2D eigenvalue weighted by Crippen LogP contribution is -2.44. The molecule has 1 aromatic rings. The number of carbonyl (C=O) groups is 2. The van der Waals surface area contributed by atoms with Gasteiger partial charge in [0.25, 0.3) is 0 Å². The van der Waals surface area contributed by atoms with Crippen LogP contribution in [0.25, 0.3) is 0 Å². The lowest BCUT2D eigenvalue weighted by molar-refractivity contribution is -0.124. The van der Waals surface area contributed by atoms with E-state index >= 15 is 0 Å². The summed E-state index contributed by atoms with van der Waals surface area (Å²) in [5.41, 5.74) is 3.29. The summed E-state index contributed by atoms with van der Waals surface area (Å²) in [5, 5.41) is 12.8. The fourth-order valence-electron chi connectivity index (χ4n) is 4.28. The van der Waals surface area contributed by atoms with Gasteiger partial charge >= 0.3 is 0 Å². The molecule has 1 aromatic carbocycles. The van der Waals surface area contributed by atoms with Gasteiger partial charge in [0.05, 0.1) is 11.4 Å². The minimum absolute atomic E-state index is 0.0235. The number of likely N-dealkylation sites (tertiary alicyclic amines) is 1. The number of piperidine rings is 1. The number of nitriles is 1. The normalized spacial score (nSPS) is 16.4. The standard InChI is InChI=1S/C25H33N5O2/c1-18(2)11-14-30-15-12-19(13-16-30)27-24(32)10-9-23(31)20(17-26)25-28(3)21-7-5-6-8-22(21)29(25)4/h5-8,11,19H,9-10,12-16H2,1-4H3,(H,27,32). The van der Waals surface area contributed by atoms with Crippen LogP contribution in [0.5, 0.6) is 0 Å². The van der Waals surface area contributed by atoms with E-state index in [9.17, 15) is 14.9 Å². The molecule has 1 amide bonds. The van der Waals surface area contributed by atoms with E-state index in [1.54, 1.807) is 0 Å². The summed E-state index contributed by atoms with van der Waals surface area (Å²) < 4.78 is 0. The van der Waals surface area contributed by atoms with Gasteiger partial charge in [0, 0.05) is 52.6 Å². The second-order valence-corrected chi connectivity index (χ2v) is 8.76. The zero-order valence-electron chi connectivity index (χ0n) is 19.5. The number of amides is 1. The van der Waals surface area contributed by atoms with E-state index in [0.717, 1.165) is 43.9 Å². The zero-order chi connectivity index (χ0) is 23.3. The average Bonchev–Trinajstić information content (AvgIpc) is 3.03. The Kier molecular flexibility index (Phi) is 7.70. The van der Waals surface area contributed by atoms with Gasteiger partial charge in [-0.15, -0.1) is 0 Å². The maximum atomic E-state index is 12.8. The van der Waals surface area contributed by atoms with Crippen LogP contribution in [0.1, 0.15) is 39.5 Å². The Hall–Kier alpha value is -3.11.